The summed E-state index contributed by atoms with van der Waals surface area (Å²) >= 11 is 1.28. The highest BCUT2D eigenvalue weighted by atomic mass is 32.2. The molecule has 0 bridgehead atoms. The van der Waals surface area contributed by atoms with E-state index in [2.05, 4.69) is 20.8 Å². The molecule has 1 heterocycles. The molecule has 0 aliphatic carbocycles. The maximum atomic E-state index is 12.6. The number of carbonyl (C=O) groups excluding carboxylic acids is 2. The summed E-state index contributed by atoms with van der Waals surface area (Å²) in [6.07, 6.45) is 0.937. The van der Waals surface area contributed by atoms with Crippen LogP contribution in [0.3, 0.4) is 0 Å². The third kappa shape index (κ3) is 6.58. The number of nitrogens with one attached hydrogen (secondary N) is 2. The Morgan fingerprint density at radius 3 is 2.36 bits per heavy atom. The number of para-hydroxylation sites is 3. The van der Waals surface area contributed by atoms with Gasteiger partial charge in [0.05, 0.1) is 24.5 Å². The lowest BCUT2D eigenvalue weighted by atomic mass is 10.1. The fourth-order valence-electron chi connectivity index (χ4n) is 3.33. The van der Waals surface area contributed by atoms with Crippen LogP contribution in [0.15, 0.2) is 53.7 Å². The van der Waals surface area contributed by atoms with E-state index in [4.69, 9.17) is 4.74 Å². The molecule has 0 saturated heterocycles. The third-order valence-corrected chi connectivity index (χ3v) is 5.86. The van der Waals surface area contributed by atoms with Crippen molar-refractivity contribution in [2.45, 2.75) is 45.3 Å². The zero-order chi connectivity index (χ0) is 23.6. The molecule has 0 atom stereocenters. The molecule has 0 aliphatic heterocycles. The fourth-order valence-corrected chi connectivity index (χ4v) is 4.15. The first kappa shape index (κ1) is 24.3. The Labute approximate surface area is 198 Å². The quantitative estimate of drug-likeness (QED) is 0.411. The number of thioether (sulfide) groups is 1. The number of hydrogen-bond acceptors (Lipinski definition) is 6. The molecule has 0 spiro atoms. The average Bonchev–Trinajstić information content (AvgIpc) is 3.20. The number of amides is 2. The van der Waals surface area contributed by atoms with E-state index in [1.165, 1.54) is 11.8 Å². The van der Waals surface area contributed by atoms with Crippen LogP contribution >= 0.6 is 11.8 Å². The number of carbonyl (C=O) groups is 2. The largest absolute Gasteiger partial charge is 0.492 e. The van der Waals surface area contributed by atoms with Crippen molar-refractivity contribution >= 4 is 35.0 Å². The van der Waals surface area contributed by atoms with Crippen LogP contribution < -0.4 is 15.4 Å². The average molecular weight is 468 g/mol. The van der Waals surface area contributed by atoms with Crippen molar-refractivity contribution < 1.29 is 14.3 Å². The van der Waals surface area contributed by atoms with Gasteiger partial charge in [-0.05, 0) is 44.0 Å². The minimum absolute atomic E-state index is 0.105. The van der Waals surface area contributed by atoms with Crippen LogP contribution in [-0.4, -0.2) is 38.9 Å². The van der Waals surface area contributed by atoms with E-state index in [0.717, 1.165) is 17.7 Å². The molecule has 1 aromatic heterocycles. The van der Waals surface area contributed by atoms with Crippen molar-refractivity contribution in [2.24, 2.45) is 0 Å². The van der Waals surface area contributed by atoms with E-state index < -0.39 is 0 Å². The van der Waals surface area contributed by atoms with Crippen LogP contribution in [0.1, 0.15) is 32.2 Å². The normalized spacial score (nSPS) is 10.6. The summed E-state index contributed by atoms with van der Waals surface area (Å²) in [5.41, 5.74) is 2.52. The molecule has 3 aromatic rings. The Bertz CT molecular complexity index is 1100. The number of aromatic nitrogens is 3. The fraction of sp³-hybridized carbons (Fsp3) is 0.333. The number of hydrogen-bond donors (Lipinski definition) is 2. The lowest BCUT2D eigenvalue weighted by Crippen LogP contribution is -2.19. The maximum Gasteiger partial charge on any atom is 0.234 e. The van der Waals surface area contributed by atoms with Gasteiger partial charge in [-0.1, -0.05) is 49.0 Å². The standard InChI is InChI=1S/C24H29N5O3S/c1-4-17-11-7-8-12-18(17)25-22(30)15-21-27-28-24(29(21)5-2)33-16-23(31)26-19-13-9-10-14-20(19)32-6-3/h7-14H,4-6,15-16H2,1-3H3,(H,25,30)(H,26,31). The number of benzene rings is 2. The summed E-state index contributed by atoms with van der Waals surface area (Å²) in [7, 11) is 0. The van der Waals surface area contributed by atoms with Crippen LogP contribution in [0.4, 0.5) is 11.4 Å². The lowest BCUT2D eigenvalue weighted by Gasteiger charge is -2.11. The van der Waals surface area contributed by atoms with Crippen molar-refractivity contribution in [1.29, 1.82) is 0 Å². The summed E-state index contributed by atoms with van der Waals surface area (Å²) in [6.45, 7) is 7.01. The monoisotopic (exact) mass is 467 g/mol. The van der Waals surface area contributed by atoms with Crippen LogP contribution in [-0.2, 0) is 29.0 Å². The number of anilines is 2. The Morgan fingerprint density at radius 1 is 0.939 bits per heavy atom. The van der Waals surface area contributed by atoms with Gasteiger partial charge in [0.25, 0.3) is 0 Å². The molecule has 3 rings (SSSR count). The first-order valence-corrected chi connectivity index (χ1v) is 12.0. The molecule has 0 radical (unpaired) electrons. The molecule has 0 aliphatic rings. The van der Waals surface area contributed by atoms with E-state index in [0.29, 0.717) is 35.6 Å². The molecule has 0 fully saturated rings. The van der Waals surface area contributed by atoms with Crippen molar-refractivity contribution in [3.05, 3.63) is 59.9 Å². The Morgan fingerprint density at radius 2 is 1.64 bits per heavy atom. The molecule has 2 aromatic carbocycles. The molecule has 2 N–H and O–H groups in total. The summed E-state index contributed by atoms with van der Waals surface area (Å²) in [5.74, 6) is 1.03. The number of aryl methyl sites for hydroxylation is 1. The second-order valence-corrected chi connectivity index (χ2v) is 8.09. The first-order valence-electron chi connectivity index (χ1n) is 11.0. The van der Waals surface area contributed by atoms with Crippen molar-refractivity contribution in [3.63, 3.8) is 0 Å². The highest BCUT2D eigenvalue weighted by Gasteiger charge is 2.17. The summed E-state index contributed by atoms with van der Waals surface area (Å²) in [5, 5.41) is 14.8. The van der Waals surface area contributed by atoms with Crippen LogP contribution in [0, 0.1) is 0 Å². The van der Waals surface area contributed by atoms with Gasteiger partial charge in [0, 0.05) is 12.2 Å². The molecule has 2 amide bonds. The molecule has 8 nitrogen and oxygen atoms in total. The molecular formula is C24H29N5O3S. The predicted molar refractivity (Wildman–Crippen MR) is 131 cm³/mol. The van der Waals surface area contributed by atoms with Gasteiger partial charge in [-0.3, -0.25) is 9.59 Å². The Balaban J connectivity index is 1.60. The van der Waals surface area contributed by atoms with Gasteiger partial charge < -0.3 is 19.9 Å². The van der Waals surface area contributed by atoms with Gasteiger partial charge in [0.2, 0.25) is 11.8 Å². The Hall–Kier alpha value is -3.33. The number of ether oxygens (including phenoxy) is 1. The SMILES string of the molecule is CCOc1ccccc1NC(=O)CSc1nnc(CC(=O)Nc2ccccc2CC)n1CC. The molecule has 0 saturated carbocycles. The molecule has 9 heteroatoms. The Kier molecular flexibility index (Phi) is 8.88. The van der Waals surface area contributed by atoms with Crippen LogP contribution in [0.5, 0.6) is 5.75 Å². The zero-order valence-corrected chi connectivity index (χ0v) is 19.9. The van der Waals surface area contributed by atoms with Crippen molar-refractivity contribution in [2.75, 3.05) is 23.0 Å². The van der Waals surface area contributed by atoms with Crippen molar-refractivity contribution in [1.82, 2.24) is 14.8 Å². The first-order chi connectivity index (χ1) is 16.0. The minimum Gasteiger partial charge on any atom is -0.492 e. The molecule has 174 valence electrons. The van der Waals surface area contributed by atoms with Gasteiger partial charge >= 0.3 is 0 Å². The van der Waals surface area contributed by atoms with Gasteiger partial charge in [-0.2, -0.15) is 0 Å². The molecule has 33 heavy (non-hydrogen) atoms. The van der Waals surface area contributed by atoms with E-state index in [9.17, 15) is 9.59 Å². The van der Waals surface area contributed by atoms with E-state index in [-0.39, 0.29) is 24.0 Å². The van der Waals surface area contributed by atoms with Gasteiger partial charge in [0.1, 0.15) is 11.6 Å². The predicted octanol–water partition coefficient (Wildman–Crippen LogP) is 4.17. The number of rotatable bonds is 11. The molecule has 0 unspecified atom stereocenters. The topological polar surface area (TPSA) is 98.1 Å². The van der Waals surface area contributed by atoms with Crippen LogP contribution in [0.25, 0.3) is 0 Å². The highest BCUT2D eigenvalue weighted by molar-refractivity contribution is 7.99. The minimum atomic E-state index is -0.173. The van der Waals surface area contributed by atoms with Gasteiger partial charge in [0.15, 0.2) is 5.16 Å². The van der Waals surface area contributed by atoms with Gasteiger partial charge in [-0.25, -0.2) is 0 Å². The summed E-state index contributed by atoms with van der Waals surface area (Å²) < 4.78 is 7.41. The van der Waals surface area contributed by atoms with E-state index in [1.54, 1.807) is 6.07 Å². The van der Waals surface area contributed by atoms with E-state index in [1.807, 2.05) is 67.8 Å². The molecular weight excluding hydrogens is 438 g/mol. The zero-order valence-electron chi connectivity index (χ0n) is 19.1. The lowest BCUT2D eigenvalue weighted by molar-refractivity contribution is -0.116. The third-order valence-electron chi connectivity index (χ3n) is 4.89. The van der Waals surface area contributed by atoms with Gasteiger partial charge in [-0.15, -0.1) is 10.2 Å². The summed E-state index contributed by atoms with van der Waals surface area (Å²) in [4.78, 5) is 25.1. The second kappa shape index (κ2) is 12.1. The highest BCUT2D eigenvalue weighted by Crippen LogP contribution is 2.25. The van der Waals surface area contributed by atoms with Crippen LogP contribution in [0.2, 0.25) is 0 Å². The second-order valence-electron chi connectivity index (χ2n) is 7.14. The smallest absolute Gasteiger partial charge is 0.234 e. The maximum absolute atomic E-state index is 12.6. The van der Waals surface area contributed by atoms with Crippen molar-refractivity contribution in [3.8, 4) is 5.75 Å². The number of nitrogens with zero attached hydrogens (tertiary/aromatic N) is 3. The van der Waals surface area contributed by atoms with E-state index >= 15 is 0 Å². The summed E-state index contributed by atoms with van der Waals surface area (Å²) in [6, 6.07) is 15.1.